The van der Waals surface area contributed by atoms with Gasteiger partial charge in [0.25, 0.3) is 0 Å². The van der Waals surface area contributed by atoms with Crippen LogP contribution in [0.25, 0.3) is 10.9 Å². The highest BCUT2D eigenvalue weighted by molar-refractivity contribution is 6.32. The fourth-order valence-electron chi connectivity index (χ4n) is 3.50. The molecule has 4 aromatic rings. The van der Waals surface area contributed by atoms with Crippen LogP contribution in [0.5, 0.6) is 0 Å². The molecule has 0 aliphatic heterocycles. The molecule has 3 N–H and O–H groups in total. The molecule has 0 saturated heterocycles. The minimum absolute atomic E-state index is 0.00258. The van der Waals surface area contributed by atoms with E-state index in [0.29, 0.717) is 39.7 Å². The summed E-state index contributed by atoms with van der Waals surface area (Å²) in [6.07, 6.45) is 3.22. The third-order valence-electron chi connectivity index (χ3n) is 5.09. The van der Waals surface area contributed by atoms with Gasteiger partial charge < -0.3 is 10.6 Å². The first-order chi connectivity index (χ1) is 15.7. The smallest absolute Gasteiger partial charge is 0.123 e. The van der Waals surface area contributed by atoms with Gasteiger partial charge in [0.05, 0.1) is 28.5 Å². The Bertz CT molecular complexity index is 1310. The number of nitrogens with one attached hydrogen (secondary N) is 3. The molecule has 0 unspecified atom stereocenters. The van der Waals surface area contributed by atoms with Crippen molar-refractivity contribution in [1.82, 2.24) is 20.4 Å². The number of nitriles is 1. The largest absolute Gasteiger partial charge is 0.383 e. The Labute approximate surface area is 196 Å². The standard InChI is InChI=1S/C24H23ClFN7/c1-24(2,3)13-29-21-15(10-27)11-28-23-18(21)8-16(25)9-19(23)31-22(20-12-30-33-32-20)14-4-6-17(26)7-5-14/h4-9,11-12,22,31H,13H2,1-3H3,(H,28,29)(H,30,32,33)/t22-/m0/s1. The maximum Gasteiger partial charge on any atom is 0.123 e. The lowest BCUT2D eigenvalue weighted by Gasteiger charge is -2.23. The number of aromatic nitrogens is 4. The van der Waals surface area contributed by atoms with Gasteiger partial charge in [-0.25, -0.2) is 4.39 Å². The number of hydrogen-bond donors (Lipinski definition) is 3. The molecule has 1 atom stereocenters. The summed E-state index contributed by atoms with van der Waals surface area (Å²) in [7, 11) is 0. The van der Waals surface area contributed by atoms with E-state index in [4.69, 9.17) is 11.6 Å². The summed E-state index contributed by atoms with van der Waals surface area (Å²) in [5, 5.41) is 28.4. The van der Waals surface area contributed by atoms with Gasteiger partial charge in [-0.3, -0.25) is 10.1 Å². The Morgan fingerprint density at radius 1 is 1.21 bits per heavy atom. The van der Waals surface area contributed by atoms with Gasteiger partial charge in [-0.15, -0.1) is 5.10 Å². The van der Waals surface area contributed by atoms with Crippen molar-refractivity contribution in [3.05, 3.63) is 76.5 Å². The zero-order valence-electron chi connectivity index (χ0n) is 18.4. The zero-order chi connectivity index (χ0) is 23.6. The van der Waals surface area contributed by atoms with Gasteiger partial charge in [0.15, 0.2) is 0 Å². The number of hydrogen-bond acceptors (Lipinski definition) is 6. The number of rotatable bonds is 6. The lowest BCUT2D eigenvalue weighted by molar-refractivity contribution is 0.443. The molecule has 33 heavy (non-hydrogen) atoms. The van der Waals surface area contributed by atoms with Gasteiger partial charge >= 0.3 is 0 Å². The van der Waals surface area contributed by atoms with E-state index in [0.717, 1.165) is 10.9 Å². The predicted octanol–water partition coefficient (Wildman–Crippen LogP) is 5.68. The van der Waals surface area contributed by atoms with Gasteiger partial charge in [-0.05, 0) is 35.2 Å². The summed E-state index contributed by atoms with van der Waals surface area (Å²) in [6.45, 7) is 7.00. The van der Waals surface area contributed by atoms with Crippen LogP contribution in [0.15, 0.2) is 48.8 Å². The Kier molecular flexibility index (Phi) is 6.16. The van der Waals surface area contributed by atoms with Crippen LogP contribution in [0.3, 0.4) is 0 Å². The Balaban J connectivity index is 1.83. The van der Waals surface area contributed by atoms with E-state index in [1.54, 1.807) is 36.7 Å². The second kappa shape index (κ2) is 9.04. The fourth-order valence-corrected chi connectivity index (χ4v) is 3.71. The third kappa shape index (κ3) is 5.04. The van der Waals surface area contributed by atoms with Crippen LogP contribution >= 0.6 is 11.6 Å². The van der Waals surface area contributed by atoms with E-state index in [1.165, 1.54) is 12.1 Å². The van der Waals surface area contributed by atoms with Crippen molar-refractivity contribution in [2.45, 2.75) is 26.8 Å². The highest BCUT2D eigenvalue weighted by Gasteiger charge is 2.21. The van der Waals surface area contributed by atoms with Crippen molar-refractivity contribution >= 4 is 33.9 Å². The van der Waals surface area contributed by atoms with Gasteiger partial charge in [0.1, 0.15) is 17.6 Å². The number of pyridine rings is 1. The first kappa shape index (κ1) is 22.5. The topological polar surface area (TPSA) is 102 Å². The molecular weight excluding hydrogens is 441 g/mol. The number of H-pyrrole nitrogens is 1. The van der Waals surface area contributed by atoms with Crippen LogP contribution < -0.4 is 10.6 Å². The molecular formula is C24H23ClFN7. The van der Waals surface area contributed by atoms with Crippen LogP contribution in [0.2, 0.25) is 5.02 Å². The number of fused-ring (bicyclic) bond motifs is 1. The number of benzene rings is 2. The van der Waals surface area contributed by atoms with E-state index in [2.05, 4.69) is 57.9 Å². The fraction of sp³-hybridized carbons (Fsp3) is 0.250. The number of nitrogens with zero attached hydrogens (tertiary/aromatic N) is 4. The lowest BCUT2D eigenvalue weighted by Crippen LogP contribution is -2.20. The van der Waals surface area contributed by atoms with Crippen molar-refractivity contribution in [3.8, 4) is 6.07 Å². The monoisotopic (exact) mass is 463 g/mol. The summed E-state index contributed by atoms with van der Waals surface area (Å²) in [5.41, 5.74) is 3.83. The molecule has 0 amide bonds. The van der Waals surface area contributed by atoms with Crippen molar-refractivity contribution in [2.24, 2.45) is 5.41 Å². The SMILES string of the molecule is CC(C)(C)CNc1c(C#N)cnc2c(N[C@@H](c3ccc(F)cc3)c3c[nH]nn3)cc(Cl)cc12. The van der Waals surface area contributed by atoms with Crippen LogP contribution in [0.4, 0.5) is 15.8 Å². The zero-order valence-corrected chi connectivity index (χ0v) is 19.2. The summed E-state index contributed by atoms with van der Waals surface area (Å²) in [5.74, 6) is -0.328. The Morgan fingerprint density at radius 2 is 1.97 bits per heavy atom. The van der Waals surface area contributed by atoms with E-state index in [-0.39, 0.29) is 11.2 Å². The maximum absolute atomic E-state index is 13.5. The van der Waals surface area contributed by atoms with Crippen LogP contribution in [-0.4, -0.2) is 26.9 Å². The molecule has 0 bridgehead atoms. The molecule has 0 radical (unpaired) electrons. The van der Waals surface area contributed by atoms with Crippen molar-refractivity contribution in [2.75, 3.05) is 17.2 Å². The number of anilines is 2. The highest BCUT2D eigenvalue weighted by atomic mass is 35.5. The molecule has 2 aromatic heterocycles. The van der Waals surface area contributed by atoms with E-state index in [9.17, 15) is 9.65 Å². The maximum atomic E-state index is 13.5. The average molecular weight is 464 g/mol. The minimum atomic E-state index is -0.436. The lowest BCUT2D eigenvalue weighted by atomic mass is 9.96. The first-order valence-corrected chi connectivity index (χ1v) is 10.8. The Hall–Kier alpha value is -3.70. The molecule has 2 heterocycles. The predicted molar refractivity (Wildman–Crippen MR) is 128 cm³/mol. The molecule has 168 valence electrons. The van der Waals surface area contributed by atoms with Gasteiger partial charge in [0, 0.05) is 29.3 Å². The molecule has 7 nitrogen and oxygen atoms in total. The first-order valence-electron chi connectivity index (χ1n) is 10.4. The second-order valence-electron chi connectivity index (χ2n) is 8.95. The summed E-state index contributed by atoms with van der Waals surface area (Å²) >= 11 is 6.49. The molecule has 9 heteroatoms. The summed E-state index contributed by atoms with van der Waals surface area (Å²) in [4.78, 5) is 4.55. The van der Waals surface area contributed by atoms with E-state index < -0.39 is 6.04 Å². The molecule has 0 fully saturated rings. The number of aromatic amines is 1. The second-order valence-corrected chi connectivity index (χ2v) is 9.39. The van der Waals surface area contributed by atoms with Crippen LogP contribution in [0.1, 0.15) is 43.6 Å². The van der Waals surface area contributed by atoms with E-state index in [1.807, 2.05) is 0 Å². The van der Waals surface area contributed by atoms with Crippen molar-refractivity contribution in [1.29, 1.82) is 5.26 Å². The molecule has 2 aromatic carbocycles. The highest BCUT2D eigenvalue weighted by Crippen LogP contribution is 2.36. The average Bonchev–Trinajstić information content (AvgIpc) is 3.30. The third-order valence-corrected chi connectivity index (χ3v) is 5.30. The number of halogens is 2. The Morgan fingerprint density at radius 3 is 2.61 bits per heavy atom. The van der Waals surface area contributed by atoms with Gasteiger partial charge in [-0.1, -0.05) is 49.7 Å². The summed E-state index contributed by atoms with van der Waals surface area (Å²) in [6, 6.07) is 11.5. The quantitative estimate of drug-likeness (QED) is 0.340. The van der Waals surface area contributed by atoms with Crippen LogP contribution in [-0.2, 0) is 0 Å². The molecule has 0 spiro atoms. The van der Waals surface area contributed by atoms with Crippen LogP contribution in [0, 0.1) is 22.6 Å². The van der Waals surface area contributed by atoms with Gasteiger partial charge in [-0.2, -0.15) is 5.26 Å². The molecule has 0 aliphatic carbocycles. The normalized spacial score (nSPS) is 12.4. The minimum Gasteiger partial charge on any atom is -0.383 e. The van der Waals surface area contributed by atoms with Crippen molar-refractivity contribution < 1.29 is 4.39 Å². The molecule has 0 aliphatic rings. The van der Waals surface area contributed by atoms with E-state index >= 15 is 0 Å². The van der Waals surface area contributed by atoms with Gasteiger partial charge in [0.2, 0.25) is 0 Å². The summed E-state index contributed by atoms with van der Waals surface area (Å²) < 4.78 is 13.5. The molecule has 0 saturated carbocycles. The van der Waals surface area contributed by atoms with Crippen molar-refractivity contribution in [3.63, 3.8) is 0 Å². The molecule has 4 rings (SSSR count).